The van der Waals surface area contributed by atoms with Crippen molar-refractivity contribution in [2.24, 2.45) is 5.92 Å². The van der Waals surface area contributed by atoms with Gasteiger partial charge in [-0.3, -0.25) is 14.7 Å². The van der Waals surface area contributed by atoms with E-state index in [9.17, 15) is 9.18 Å². The van der Waals surface area contributed by atoms with Crippen LogP contribution in [0.3, 0.4) is 0 Å². The summed E-state index contributed by atoms with van der Waals surface area (Å²) in [6.07, 6.45) is 5.06. The summed E-state index contributed by atoms with van der Waals surface area (Å²) in [7, 11) is 0. The summed E-state index contributed by atoms with van der Waals surface area (Å²) in [4.78, 5) is 23.1. The molecule has 1 saturated heterocycles. The topological polar surface area (TPSA) is 84.2 Å². The number of carbonyl (C=O) groups is 1. The van der Waals surface area contributed by atoms with Crippen molar-refractivity contribution in [3.63, 3.8) is 0 Å². The predicted molar refractivity (Wildman–Crippen MR) is 101 cm³/mol. The number of piperidine rings is 1. The van der Waals surface area contributed by atoms with Gasteiger partial charge in [0.2, 0.25) is 17.6 Å². The lowest BCUT2D eigenvalue weighted by Crippen LogP contribution is -2.40. The second-order valence-corrected chi connectivity index (χ2v) is 6.82. The van der Waals surface area contributed by atoms with E-state index in [1.165, 1.54) is 12.1 Å². The number of rotatable bonds is 5. The maximum atomic E-state index is 13.0. The Morgan fingerprint density at radius 2 is 2.14 bits per heavy atom. The van der Waals surface area contributed by atoms with Crippen LogP contribution in [0.2, 0.25) is 0 Å². The van der Waals surface area contributed by atoms with Gasteiger partial charge in [-0.15, -0.1) is 0 Å². The second kappa shape index (κ2) is 8.26. The minimum atomic E-state index is -0.309. The molecule has 0 bridgehead atoms. The third kappa shape index (κ3) is 4.40. The zero-order chi connectivity index (χ0) is 19.3. The monoisotopic (exact) mass is 381 g/mol. The summed E-state index contributed by atoms with van der Waals surface area (Å²) in [5, 5.41) is 6.89. The summed E-state index contributed by atoms with van der Waals surface area (Å²) in [5.41, 5.74) is 1.40. The molecule has 1 aliphatic heterocycles. The first-order chi connectivity index (χ1) is 13.7. The fourth-order valence-corrected chi connectivity index (χ4v) is 3.32. The van der Waals surface area contributed by atoms with Gasteiger partial charge in [-0.05, 0) is 55.8 Å². The molecule has 0 aliphatic carbocycles. The van der Waals surface area contributed by atoms with Crippen molar-refractivity contribution in [3.05, 3.63) is 60.5 Å². The van der Waals surface area contributed by atoms with Crippen LogP contribution in [0.1, 0.15) is 18.7 Å². The lowest BCUT2D eigenvalue weighted by Gasteiger charge is -2.30. The van der Waals surface area contributed by atoms with Crippen molar-refractivity contribution < 1.29 is 13.7 Å². The summed E-state index contributed by atoms with van der Waals surface area (Å²) in [5.74, 6) is 0.491. The van der Waals surface area contributed by atoms with E-state index in [4.69, 9.17) is 4.52 Å². The Bertz CT molecular complexity index is 929. The molecule has 144 valence electrons. The maximum absolute atomic E-state index is 13.0. The van der Waals surface area contributed by atoms with Gasteiger partial charge in [0, 0.05) is 18.3 Å². The molecule has 1 amide bonds. The van der Waals surface area contributed by atoms with Gasteiger partial charge in [0.1, 0.15) is 5.82 Å². The van der Waals surface area contributed by atoms with Crippen LogP contribution >= 0.6 is 0 Å². The highest BCUT2D eigenvalue weighted by Crippen LogP contribution is 2.21. The number of aromatic nitrogens is 3. The summed E-state index contributed by atoms with van der Waals surface area (Å²) < 4.78 is 18.4. The van der Waals surface area contributed by atoms with E-state index in [0.717, 1.165) is 19.4 Å². The largest absolute Gasteiger partial charge is 0.338 e. The number of benzene rings is 1. The van der Waals surface area contributed by atoms with Crippen LogP contribution in [0.25, 0.3) is 11.4 Å². The second-order valence-electron chi connectivity index (χ2n) is 6.82. The third-order valence-electron chi connectivity index (χ3n) is 4.73. The Balaban J connectivity index is 1.36. The minimum Gasteiger partial charge on any atom is -0.338 e. The normalized spacial score (nSPS) is 17.4. The molecule has 1 aliphatic rings. The van der Waals surface area contributed by atoms with Gasteiger partial charge in [0.15, 0.2) is 0 Å². The minimum absolute atomic E-state index is 0.00442. The first-order valence-corrected chi connectivity index (χ1v) is 9.19. The van der Waals surface area contributed by atoms with Crippen molar-refractivity contribution in [3.8, 4) is 11.4 Å². The number of pyridine rings is 1. The van der Waals surface area contributed by atoms with E-state index in [0.29, 0.717) is 36.1 Å². The number of halogens is 1. The highest BCUT2D eigenvalue weighted by Gasteiger charge is 2.27. The Kier molecular flexibility index (Phi) is 5.38. The molecule has 3 heterocycles. The quantitative estimate of drug-likeness (QED) is 0.731. The van der Waals surface area contributed by atoms with Gasteiger partial charge in [0.05, 0.1) is 24.3 Å². The molecule has 4 rings (SSSR count). The van der Waals surface area contributed by atoms with E-state index in [1.54, 1.807) is 30.6 Å². The Morgan fingerprint density at radius 1 is 1.29 bits per heavy atom. The standard InChI is InChI=1S/C20H20FN5O2/c21-16-7-5-14(6-8-16)19-24-18(28-25-19)13-26-10-2-3-15(12-26)20(27)23-17-4-1-9-22-11-17/h1,4-9,11,15H,2-3,10,12-13H2,(H,23,27). The Labute approximate surface area is 161 Å². The van der Waals surface area contributed by atoms with Crippen LogP contribution in [0.4, 0.5) is 10.1 Å². The first-order valence-electron chi connectivity index (χ1n) is 9.19. The molecule has 3 aromatic rings. The van der Waals surface area contributed by atoms with E-state index in [1.807, 2.05) is 6.07 Å². The highest BCUT2D eigenvalue weighted by molar-refractivity contribution is 5.92. The molecule has 8 heteroatoms. The lowest BCUT2D eigenvalue weighted by atomic mass is 9.97. The average molecular weight is 381 g/mol. The number of hydrogen-bond acceptors (Lipinski definition) is 6. The van der Waals surface area contributed by atoms with Crippen LogP contribution in [-0.2, 0) is 11.3 Å². The van der Waals surface area contributed by atoms with Gasteiger partial charge in [-0.25, -0.2) is 4.39 Å². The molecular formula is C20H20FN5O2. The van der Waals surface area contributed by atoms with E-state index in [-0.39, 0.29) is 17.6 Å². The maximum Gasteiger partial charge on any atom is 0.241 e. The first kappa shape index (κ1) is 18.2. The molecule has 1 atom stereocenters. The van der Waals surface area contributed by atoms with E-state index >= 15 is 0 Å². The van der Waals surface area contributed by atoms with Gasteiger partial charge in [-0.1, -0.05) is 5.16 Å². The smallest absolute Gasteiger partial charge is 0.241 e. The van der Waals surface area contributed by atoms with Crippen molar-refractivity contribution in [2.75, 3.05) is 18.4 Å². The van der Waals surface area contributed by atoms with Crippen LogP contribution in [-0.4, -0.2) is 39.0 Å². The Morgan fingerprint density at radius 3 is 2.93 bits per heavy atom. The molecule has 1 N–H and O–H groups in total. The number of nitrogens with zero attached hydrogens (tertiary/aromatic N) is 4. The molecule has 1 unspecified atom stereocenters. The van der Waals surface area contributed by atoms with Gasteiger partial charge in [0.25, 0.3) is 0 Å². The van der Waals surface area contributed by atoms with Gasteiger partial charge >= 0.3 is 0 Å². The molecule has 2 aromatic heterocycles. The number of likely N-dealkylation sites (tertiary alicyclic amines) is 1. The van der Waals surface area contributed by atoms with Crippen LogP contribution in [0, 0.1) is 11.7 Å². The van der Waals surface area contributed by atoms with Crippen molar-refractivity contribution in [1.29, 1.82) is 0 Å². The number of amides is 1. The van der Waals surface area contributed by atoms with Gasteiger partial charge in [-0.2, -0.15) is 4.98 Å². The molecule has 7 nitrogen and oxygen atoms in total. The molecule has 1 aromatic carbocycles. The van der Waals surface area contributed by atoms with Crippen LogP contribution in [0.5, 0.6) is 0 Å². The fraction of sp³-hybridized carbons (Fsp3) is 0.300. The Hall–Kier alpha value is -3.13. The summed E-state index contributed by atoms with van der Waals surface area (Å²) >= 11 is 0. The SMILES string of the molecule is O=C(Nc1cccnc1)C1CCCN(Cc2nc(-c3ccc(F)cc3)no2)C1. The van der Waals surface area contributed by atoms with Crippen LogP contribution < -0.4 is 5.32 Å². The third-order valence-corrected chi connectivity index (χ3v) is 4.73. The van der Waals surface area contributed by atoms with E-state index in [2.05, 4.69) is 25.3 Å². The number of nitrogens with one attached hydrogen (secondary N) is 1. The average Bonchev–Trinajstić information content (AvgIpc) is 3.18. The lowest BCUT2D eigenvalue weighted by molar-refractivity contribution is -0.121. The molecule has 0 radical (unpaired) electrons. The zero-order valence-electron chi connectivity index (χ0n) is 15.2. The van der Waals surface area contributed by atoms with Crippen molar-refractivity contribution in [2.45, 2.75) is 19.4 Å². The molecule has 0 saturated carbocycles. The molecular weight excluding hydrogens is 361 g/mol. The fourth-order valence-electron chi connectivity index (χ4n) is 3.32. The summed E-state index contributed by atoms with van der Waals surface area (Å²) in [6, 6.07) is 9.56. The zero-order valence-corrected chi connectivity index (χ0v) is 15.2. The molecule has 1 fully saturated rings. The number of hydrogen-bond donors (Lipinski definition) is 1. The predicted octanol–water partition coefficient (Wildman–Crippen LogP) is 3.12. The van der Waals surface area contributed by atoms with Crippen molar-refractivity contribution in [1.82, 2.24) is 20.0 Å². The van der Waals surface area contributed by atoms with Crippen molar-refractivity contribution >= 4 is 11.6 Å². The molecule has 0 spiro atoms. The van der Waals surface area contributed by atoms with Gasteiger partial charge < -0.3 is 9.84 Å². The van der Waals surface area contributed by atoms with E-state index < -0.39 is 0 Å². The van der Waals surface area contributed by atoms with Crippen LogP contribution in [0.15, 0.2) is 53.3 Å². The molecule has 28 heavy (non-hydrogen) atoms. The number of anilines is 1. The number of carbonyl (C=O) groups excluding carboxylic acids is 1. The highest BCUT2D eigenvalue weighted by atomic mass is 19.1. The summed E-state index contributed by atoms with van der Waals surface area (Å²) in [6.45, 7) is 1.97.